The molecule has 1 heterocycles. The van der Waals surface area contributed by atoms with Crippen LogP contribution < -0.4 is 9.47 Å². The molecule has 0 amide bonds. The molecule has 37 heavy (non-hydrogen) atoms. The van der Waals surface area contributed by atoms with Gasteiger partial charge in [0.15, 0.2) is 5.78 Å². The quantitative estimate of drug-likeness (QED) is 0.316. The Kier molecular flexibility index (Phi) is 7.48. The number of benzene rings is 3. The number of allylic oxidation sites excluding steroid dienone is 1. The number of carbonyl (C=O) groups is 1. The van der Waals surface area contributed by atoms with Crippen LogP contribution in [0, 0.1) is 0 Å². The van der Waals surface area contributed by atoms with E-state index in [0.29, 0.717) is 12.2 Å². The molecule has 0 radical (unpaired) electrons. The molecule has 2 aliphatic rings. The van der Waals surface area contributed by atoms with Crippen LogP contribution in [0.3, 0.4) is 0 Å². The number of carbonyl (C=O) groups excluding carboxylic acids is 1. The lowest BCUT2D eigenvalue weighted by atomic mass is 9.79. The largest absolute Gasteiger partial charge is 0.492 e. The van der Waals surface area contributed by atoms with Gasteiger partial charge in [-0.15, -0.1) is 0 Å². The molecule has 1 aliphatic heterocycles. The number of hydrogen-bond donors (Lipinski definition) is 0. The minimum atomic E-state index is -0.279. The average molecular weight is 496 g/mol. The first kappa shape index (κ1) is 25.3. The number of fused-ring (bicyclic) bond motifs is 1. The summed E-state index contributed by atoms with van der Waals surface area (Å²) in [7, 11) is 0. The van der Waals surface area contributed by atoms with Crippen molar-refractivity contribution in [2.75, 3.05) is 26.2 Å². The molecule has 3 aromatic rings. The van der Waals surface area contributed by atoms with Crippen molar-refractivity contribution >= 4 is 11.4 Å². The summed E-state index contributed by atoms with van der Waals surface area (Å²) in [5, 5.41) is 0. The molecule has 0 bridgehead atoms. The van der Waals surface area contributed by atoms with Gasteiger partial charge >= 0.3 is 0 Å². The van der Waals surface area contributed by atoms with E-state index in [4.69, 9.17) is 9.47 Å². The molecule has 3 aromatic carbocycles. The van der Waals surface area contributed by atoms with Crippen LogP contribution in [0.5, 0.6) is 11.5 Å². The van der Waals surface area contributed by atoms with Crippen LogP contribution in [0.25, 0.3) is 5.57 Å². The Bertz CT molecular complexity index is 1260. The third kappa shape index (κ3) is 6.14. The van der Waals surface area contributed by atoms with Crippen molar-refractivity contribution in [3.63, 3.8) is 0 Å². The lowest BCUT2D eigenvalue weighted by Crippen LogP contribution is -2.25. The van der Waals surface area contributed by atoms with Crippen molar-refractivity contribution in [3.8, 4) is 11.5 Å². The summed E-state index contributed by atoms with van der Waals surface area (Å²) in [6.07, 6.45) is 4.17. The molecule has 5 rings (SSSR count). The molecule has 1 fully saturated rings. The second-order valence-electron chi connectivity index (χ2n) is 11.0. The number of Topliss-reactive ketones (excluding diaryl/α,β-unsaturated/α-hetero) is 1. The van der Waals surface area contributed by atoms with E-state index in [-0.39, 0.29) is 11.4 Å². The molecule has 0 atom stereocenters. The van der Waals surface area contributed by atoms with Crippen LogP contribution >= 0.6 is 0 Å². The molecule has 4 heteroatoms. The summed E-state index contributed by atoms with van der Waals surface area (Å²) in [4.78, 5) is 16.3. The normalized spacial score (nSPS) is 16.0. The number of hydrogen-bond acceptors (Lipinski definition) is 4. The van der Waals surface area contributed by atoms with Gasteiger partial charge in [-0.05, 0) is 118 Å². The highest BCUT2D eigenvalue weighted by Crippen LogP contribution is 2.38. The first-order valence-corrected chi connectivity index (χ1v) is 13.5. The van der Waals surface area contributed by atoms with Crippen molar-refractivity contribution in [2.24, 2.45) is 0 Å². The highest BCUT2D eigenvalue weighted by atomic mass is 16.5. The predicted octanol–water partition coefficient (Wildman–Crippen LogP) is 6.97. The Labute approximate surface area is 220 Å². The van der Waals surface area contributed by atoms with Crippen molar-refractivity contribution < 1.29 is 14.3 Å². The maximum absolute atomic E-state index is 13.8. The van der Waals surface area contributed by atoms with E-state index >= 15 is 0 Å². The second-order valence-corrected chi connectivity index (χ2v) is 11.0. The van der Waals surface area contributed by atoms with Gasteiger partial charge in [-0.2, -0.15) is 0 Å². The second kappa shape index (κ2) is 10.9. The Morgan fingerprint density at radius 3 is 2.22 bits per heavy atom. The smallest absolute Gasteiger partial charge is 0.189 e. The molecule has 1 saturated heterocycles. The van der Waals surface area contributed by atoms with Gasteiger partial charge in [0, 0.05) is 17.7 Å². The summed E-state index contributed by atoms with van der Waals surface area (Å²) < 4.78 is 12.0. The zero-order valence-electron chi connectivity index (χ0n) is 22.3. The van der Waals surface area contributed by atoms with Crippen molar-refractivity contribution in [3.05, 3.63) is 101 Å². The van der Waals surface area contributed by atoms with Gasteiger partial charge in [-0.3, -0.25) is 9.69 Å². The summed E-state index contributed by atoms with van der Waals surface area (Å²) in [6.45, 7) is 10.1. The molecule has 1 aliphatic carbocycles. The van der Waals surface area contributed by atoms with Crippen molar-refractivity contribution in [1.29, 1.82) is 0 Å². The number of likely N-dealkylation sites (tertiary alicyclic amines) is 1. The Morgan fingerprint density at radius 2 is 1.51 bits per heavy atom. The summed E-state index contributed by atoms with van der Waals surface area (Å²) in [5.74, 6) is 1.72. The maximum Gasteiger partial charge on any atom is 0.189 e. The number of nitrogens with zero attached hydrogens (tertiary/aromatic N) is 1. The zero-order valence-corrected chi connectivity index (χ0v) is 22.3. The monoisotopic (exact) mass is 495 g/mol. The molecule has 4 nitrogen and oxygen atoms in total. The highest BCUT2D eigenvalue weighted by molar-refractivity contribution is 6.15. The van der Waals surface area contributed by atoms with Gasteiger partial charge in [0.2, 0.25) is 0 Å². The van der Waals surface area contributed by atoms with Crippen LogP contribution in [0.1, 0.15) is 67.1 Å². The van der Waals surface area contributed by atoms with Crippen molar-refractivity contribution in [2.45, 2.75) is 52.1 Å². The van der Waals surface area contributed by atoms with E-state index in [1.54, 1.807) is 0 Å². The van der Waals surface area contributed by atoms with Gasteiger partial charge in [-0.1, -0.05) is 36.4 Å². The molecule has 0 spiro atoms. The third-order valence-electron chi connectivity index (χ3n) is 7.07. The number of aryl methyl sites for hydroxylation is 1. The summed E-state index contributed by atoms with van der Waals surface area (Å²) in [6, 6.07) is 24.2. The Morgan fingerprint density at radius 1 is 0.838 bits per heavy atom. The van der Waals surface area contributed by atoms with E-state index in [9.17, 15) is 4.79 Å². The van der Waals surface area contributed by atoms with Crippen LogP contribution in [-0.4, -0.2) is 42.5 Å². The number of rotatable bonds is 8. The van der Waals surface area contributed by atoms with Gasteiger partial charge in [-0.25, -0.2) is 0 Å². The predicted molar refractivity (Wildman–Crippen MR) is 150 cm³/mol. The summed E-state index contributed by atoms with van der Waals surface area (Å²) in [5.41, 5.74) is 5.79. The van der Waals surface area contributed by atoms with E-state index in [2.05, 4.69) is 41.3 Å². The van der Waals surface area contributed by atoms with E-state index in [0.717, 1.165) is 53.2 Å². The van der Waals surface area contributed by atoms with Crippen LogP contribution in [0.4, 0.5) is 0 Å². The molecular weight excluding hydrogens is 458 g/mol. The first-order valence-electron chi connectivity index (χ1n) is 13.5. The maximum atomic E-state index is 13.8. The van der Waals surface area contributed by atoms with Gasteiger partial charge in [0.25, 0.3) is 0 Å². The molecule has 0 aromatic heterocycles. The lowest BCUT2D eigenvalue weighted by molar-refractivity contribution is 0.103. The third-order valence-corrected chi connectivity index (χ3v) is 7.07. The average Bonchev–Trinajstić information content (AvgIpc) is 3.41. The molecule has 0 saturated carbocycles. The molecule has 0 unspecified atom stereocenters. The van der Waals surface area contributed by atoms with Crippen LogP contribution in [0.15, 0.2) is 78.4 Å². The van der Waals surface area contributed by atoms with E-state index in [1.165, 1.54) is 31.5 Å². The topological polar surface area (TPSA) is 38.8 Å². The van der Waals surface area contributed by atoms with Crippen LogP contribution in [-0.2, 0) is 6.42 Å². The van der Waals surface area contributed by atoms with Gasteiger partial charge in [0.1, 0.15) is 23.7 Å². The highest BCUT2D eigenvalue weighted by Gasteiger charge is 2.25. The van der Waals surface area contributed by atoms with Gasteiger partial charge < -0.3 is 9.47 Å². The SMILES string of the molecule is CC(C)(C)Oc1ccc(C(=O)C2=C(c3ccc(OCCN4CCCC4)cc3)c3ccccc3CC2)cc1. The zero-order chi connectivity index (χ0) is 25.8. The first-order chi connectivity index (χ1) is 17.9. The molecule has 192 valence electrons. The fourth-order valence-corrected chi connectivity index (χ4v) is 5.31. The Hall–Kier alpha value is -3.37. The number of ketones is 1. The minimum absolute atomic E-state index is 0.0813. The molecular formula is C33H37NO3. The van der Waals surface area contributed by atoms with E-state index in [1.807, 2.05) is 57.2 Å². The fourth-order valence-electron chi connectivity index (χ4n) is 5.31. The van der Waals surface area contributed by atoms with Gasteiger partial charge in [0.05, 0.1) is 0 Å². The van der Waals surface area contributed by atoms with E-state index < -0.39 is 0 Å². The van der Waals surface area contributed by atoms with Crippen LogP contribution in [0.2, 0.25) is 0 Å². The Balaban J connectivity index is 1.41. The fraction of sp³-hybridized carbons (Fsp3) is 0.364. The standard InChI is InChI=1S/C33H37NO3/c1-33(2,3)37-28-17-12-26(13-18-28)32(35)30-19-14-24-8-4-5-9-29(24)31(30)25-10-15-27(16-11-25)36-23-22-34-20-6-7-21-34/h4-5,8-13,15-18H,6-7,14,19-23H2,1-3H3. The number of ether oxygens (including phenoxy) is 2. The van der Waals surface area contributed by atoms with Crippen molar-refractivity contribution in [1.82, 2.24) is 4.90 Å². The summed E-state index contributed by atoms with van der Waals surface area (Å²) >= 11 is 0. The lowest BCUT2D eigenvalue weighted by Gasteiger charge is -2.24. The minimum Gasteiger partial charge on any atom is -0.492 e. The molecule has 0 N–H and O–H groups in total.